The minimum atomic E-state index is -0.340. The zero-order valence-electron chi connectivity index (χ0n) is 18.5. The summed E-state index contributed by atoms with van der Waals surface area (Å²) in [5.74, 6) is -0.656. The standard InChI is InChI=1S/C24H30FN3O3S/c1-2-31-24(30)22-19-8-3-4-9-20(19)32-23(22)26-21(29)16-28-12-10-27(11-13-28)15-17-6-5-7-18(25)14-17/h5-7,14H,2-4,8-13,15-16H2,1H3,(H,26,29). The number of nitrogens with zero attached hydrogens (tertiary/aromatic N) is 2. The first-order valence-corrected chi connectivity index (χ1v) is 12.2. The van der Waals surface area contributed by atoms with Crippen molar-refractivity contribution >= 4 is 28.2 Å². The highest BCUT2D eigenvalue weighted by Crippen LogP contribution is 2.38. The normalized spacial score (nSPS) is 17.1. The van der Waals surface area contributed by atoms with Gasteiger partial charge in [0.2, 0.25) is 5.91 Å². The number of piperazine rings is 1. The summed E-state index contributed by atoms with van der Waals surface area (Å²) in [5, 5.41) is 3.62. The molecular weight excluding hydrogens is 429 g/mol. The first kappa shape index (κ1) is 22.9. The number of fused-ring (bicyclic) bond motifs is 1. The molecule has 1 N–H and O–H groups in total. The maximum absolute atomic E-state index is 13.4. The Morgan fingerprint density at radius 3 is 2.62 bits per heavy atom. The predicted octanol–water partition coefficient (Wildman–Crippen LogP) is 3.70. The average Bonchev–Trinajstić information content (AvgIpc) is 3.13. The monoisotopic (exact) mass is 459 g/mol. The van der Waals surface area contributed by atoms with E-state index in [-0.39, 0.29) is 17.7 Å². The van der Waals surface area contributed by atoms with Crippen molar-refractivity contribution in [3.8, 4) is 0 Å². The smallest absolute Gasteiger partial charge is 0.341 e. The molecule has 0 saturated carbocycles. The van der Waals surface area contributed by atoms with Crippen LogP contribution in [0.2, 0.25) is 0 Å². The lowest BCUT2D eigenvalue weighted by atomic mass is 9.95. The zero-order valence-corrected chi connectivity index (χ0v) is 19.3. The van der Waals surface area contributed by atoms with Crippen LogP contribution in [0.5, 0.6) is 0 Å². The van der Waals surface area contributed by atoms with E-state index in [1.807, 2.05) is 6.07 Å². The molecule has 1 aromatic carbocycles. The van der Waals surface area contributed by atoms with E-state index in [2.05, 4.69) is 15.1 Å². The minimum Gasteiger partial charge on any atom is -0.462 e. The number of aryl methyl sites for hydroxylation is 1. The van der Waals surface area contributed by atoms with Crippen LogP contribution < -0.4 is 5.32 Å². The maximum Gasteiger partial charge on any atom is 0.341 e. The van der Waals surface area contributed by atoms with Crippen molar-refractivity contribution in [3.63, 3.8) is 0 Å². The van der Waals surface area contributed by atoms with Crippen LogP contribution in [0.15, 0.2) is 24.3 Å². The van der Waals surface area contributed by atoms with Crippen molar-refractivity contribution in [1.82, 2.24) is 9.80 Å². The van der Waals surface area contributed by atoms with Gasteiger partial charge in [-0.05, 0) is 55.9 Å². The Morgan fingerprint density at radius 2 is 1.88 bits per heavy atom. The number of benzene rings is 1. The van der Waals surface area contributed by atoms with Crippen LogP contribution in [0.3, 0.4) is 0 Å². The Hall–Kier alpha value is -2.29. The molecule has 2 aromatic rings. The van der Waals surface area contributed by atoms with E-state index in [0.717, 1.165) is 63.0 Å². The van der Waals surface area contributed by atoms with Crippen LogP contribution >= 0.6 is 11.3 Å². The van der Waals surface area contributed by atoms with Gasteiger partial charge in [-0.15, -0.1) is 11.3 Å². The molecule has 8 heteroatoms. The fourth-order valence-corrected chi connectivity index (χ4v) is 5.74. The van der Waals surface area contributed by atoms with Gasteiger partial charge in [0.15, 0.2) is 0 Å². The molecule has 1 aromatic heterocycles. The first-order valence-electron chi connectivity index (χ1n) is 11.3. The molecule has 6 nitrogen and oxygen atoms in total. The summed E-state index contributed by atoms with van der Waals surface area (Å²) in [6.45, 7) is 6.30. The van der Waals surface area contributed by atoms with Crippen LogP contribution in [0.4, 0.5) is 9.39 Å². The number of carbonyl (C=O) groups excluding carboxylic acids is 2. The number of hydrogen-bond acceptors (Lipinski definition) is 6. The summed E-state index contributed by atoms with van der Waals surface area (Å²) in [5.41, 5.74) is 2.57. The van der Waals surface area contributed by atoms with Gasteiger partial charge in [-0.3, -0.25) is 14.6 Å². The summed E-state index contributed by atoms with van der Waals surface area (Å²) < 4.78 is 18.7. The van der Waals surface area contributed by atoms with Crippen LogP contribution in [-0.4, -0.2) is 61.0 Å². The Bertz CT molecular complexity index is 969. The number of thiophene rings is 1. The number of anilines is 1. The number of amides is 1. The van der Waals surface area contributed by atoms with E-state index in [0.29, 0.717) is 30.3 Å². The number of ether oxygens (including phenoxy) is 1. The summed E-state index contributed by atoms with van der Waals surface area (Å²) in [7, 11) is 0. The molecule has 0 unspecified atom stereocenters. The number of carbonyl (C=O) groups is 2. The molecule has 1 saturated heterocycles. The van der Waals surface area contributed by atoms with Crippen molar-refractivity contribution in [1.29, 1.82) is 0 Å². The van der Waals surface area contributed by atoms with Crippen molar-refractivity contribution < 1.29 is 18.7 Å². The molecule has 1 aliphatic carbocycles. The Labute approximate surface area is 192 Å². The molecule has 0 radical (unpaired) electrons. The van der Waals surface area contributed by atoms with E-state index >= 15 is 0 Å². The van der Waals surface area contributed by atoms with Gasteiger partial charge in [0.05, 0.1) is 18.7 Å². The molecule has 1 amide bonds. The van der Waals surface area contributed by atoms with Gasteiger partial charge < -0.3 is 10.1 Å². The number of esters is 1. The van der Waals surface area contributed by atoms with Gasteiger partial charge in [0, 0.05) is 37.6 Å². The minimum absolute atomic E-state index is 0.104. The maximum atomic E-state index is 13.4. The Balaban J connectivity index is 1.32. The predicted molar refractivity (Wildman–Crippen MR) is 124 cm³/mol. The van der Waals surface area contributed by atoms with Gasteiger partial charge in [-0.2, -0.15) is 0 Å². The largest absolute Gasteiger partial charge is 0.462 e. The zero-order chi connectivity index (χ0) is 22.5. The van der Waals surface area contributed by atoms with Gasteiger partial charge in [0.1, 0.15) is 10.8 Å². The molecule has 2 heterocycles. The van der Waals surface area contributed by atoms with Gasteiger partial charge in [-0.25, -0.2) is 9.18 Å². The summed E-state index contributed by atoms with van der Waals surface area (Å²) >= 11 is 1.52. The van der Waals surface area contributed by atoms with Crippen molar-refractivity contribution in [2.24, 2.45) is 0 Å². The number of rotatable bonds is 7. The second-order valence-electron chi connectivity index (χ2n) is 8.37. The lowest BCUT2D eigenvalue weighted by Crippen LogP contribution is -2.48. The third-order valence-corrected chi connectivity index (χ3v) is 7.24. The van der Waals surface area contributed by atoms with E-state index in [4.69, 9.17) is 4.74 Å². The topological polar surface area (TPSA) is 61.9 Å². The molecule has 0 spiro atoms. The summed E-state index contributed by atoms with van der Waals surface area (Å²) in [4.78, 5) is 30.9. The second kappa shape index (κ2) is 10.6. The van der Waals surface area contributed by atoms with Crippen LogP contribution in [0.25, 0.3) is 0 Å². The van der Waals surface area contributed by atoms with E-state index in [1.165, 1.54) is 22.3 Å². The van der Waals surface area contributed by atoms with Crippen molar-refractivity contribution in [2.45, 2.75) is 39.2 Å². The third-order valence-electron chi connectivity index (χ3n) is 6.03. The highest BCUT2D eigenvalue weighted by atomic mass is 32.1. The molecule has 0 bridgehead atoms. The molecule has 1 fully saturated rings. The molecular formula is C24H30FN3O3S. The van der Waals surface area contributed by atoms with E-state index in [1.54, 1.807) is 19.1 Å². The summed E-state index contributed by atoms with van der Waals surface area (Å²) in [6, 6.07) is 6.70. The third kappa shape index (κ3) is 5.54. The lowest BCUT2D eigenvalue weighted by Gasteiger charge is -2.34. The first-order chi connectivity index (χ1) is 15.5. The number of nitrogens with one attached hydrogen (secondary N) is 1. The number of halogens is 1. The number of hydrogen-bond donors (Lipinski definition) is 1. The second-order valence-corrected chi connectivity index (χ2v) is 9.47. The van der Waals surface area contributed by atoms with Gasteiger partial charge in [-0.1, -0.05) is 12.1 Å². The van der Waals surface area contributed by atoms with Crippen molar-refractivity contribution in [3.05, 3.63) is 51.7 Å². The fraction of sp³-hybridized carbons (Fsp3) is 0.500. The SMILES string of the molecule is CCOC(=O)c1c(NC(=O)CN2CCN(Cc3cccc(F)c3)CC2)sc2c1CCCC2. The van der Waals surface area contributed by atoms with Crippen LogP contribution in [-0.2, 0) is 28.9 Å². The summed E-state index contributed by atoms with van der Waals surface area (Å²) in [6.07, 6.45) is 3.99. The quantitative estimate of drug-likeness (QED) is 0.640. The molecule has 4 rings (SSSR count). The van der Waals surface area contributed by atoms with Crippen LogP contribution in [0, 0.1) is 5.82 Å². The van der Waals surface area contributed by atoms with Crippen LogP contribution in [0.1, 0.15) is 46.1 Å². The molecule has 2 aliphatic rings. The highest BCUT2D eigenvalue weighted by molar-refractivity contribution is 7.17. The average molecular weight is 460 g/mol. The van der Waals surface area contributed by atoms with E-state index in [9.17, 15) is 14.0 Å². The van der Waals surface area contributed by atoms with E-state index < -0.39 is 0 Å². The molecule has 32 heavy (non-hydrogen) atoms. The lowest BCUT2D eigenvalue weighted by molar-refractivity contribution is -0.117. The van der Waals surface area contributed by atoms with Gasteiger partial charge in [0.25, 0.3) is 0 Å². The Kier molecular flexibility index (Phi) is 7.55. The highest BCUT2D eigenvalue weighted by Gasteiger charge is 2.28. The Morgan fingerprint density at radius 1 is 1.12 bits per heavy atom. The molecule has 0 atom stereocenters. The molecule has 1 aliphatic heterocycles. The fourth-order valence-electron chi connectivity index (χ4n) is 4.44. The van der Waals surface area contributed by atoms with Crippen molar-refractivity contribution in [2.75, 3.05) is 44.6 Å². The molecule has 172 valence electrons. The van der Waals surface area contributed by atoms with Gasteiger partial charge >= 0.3 is 5.97 Å².